The second-order valence-electron chi connectivity index (χ2n) is 5.21. The van der Waals surface area contributed by atoms with Crippen LogP contribution in [0.25, 0.3) is 11.0 Å². The van der Waals surface area contributed by atoms with Gasteiger partial charge >= 0.3 is 0 Å². The van der Waals surface area contributed by atoms with Crippen LogP contribution in [0.4, 0.5) is 5.82 Å². The number of thiazole rings is 1. The first-order valence-electron chi connectivity index (χ1n) is 7.49. The molecule has 23 heavy (non-hydrogen) atoms. The Bertz CT molecular complexity index is 788. The number of rotatable bonds is 4. The van der Waals surface area contributed by atoms with Crippen LogP contribution in [0.3, 0.4) is 0 Å². The van der Waals surface area contributed by atoms with E-state index in [-0.39, 0.29) is 0 Å². The molecule has 1 fully saturated rings. The number of para-hydroxylation sites is 2. The van der Waals surface area contributed by atoms with Crippen LogP contribution in [-0.2, 0) is 11.3 Å². The lowest BCUT2D eigenvalue weighted by Gasteiger charge is -2.28. The van der Waals surface area contributed by atoms with Crippen molar-refractivity contribution >= 4 is 28.2 Å². The van der Waals surface area contributed by atoms with Gasteiger partial charge in [0.15, 0.2) is 5.82 Å². The van der Waals surface area contributed by atoms with E-state index in [2.05, 4.69) is 14.9 Å². The zero-order chi connectivity index (χ0) is 15.5. The van der Waals surface area contributed by atoms with E-state index in [1.807, 2.05) is 29.6 Å². The molecule has 4 rings (SSSR count). The van der Waals surface area contributed by atoms with Gasteiger partial charge in [-0.25, -0.2) is 15.0 Å². The monoisotopic (exact) mass is 328 g/mol. The van der Waals surface area contributed by atoms with Gasteiger partial charge in [0.1, 0.15) is 6.61 Å². The van der Waals surface area contributed by atoms with Crippen molar-refractivity contribution in [1.82, 2.24) is 15.0 Å². The van der Waals surface area contributed by atoms with Crippen LogP contribution in [-0.4, -0.2) is 41.3 Å². The maximum absolute atomic E-state index is 5.93. The Kier molecular flexibility index (Phi) is 4.04. The third-order valence-corrected chi connectivity index (χ3v) is 4.31. The molecule has 1 aromatic carbocycles. The number of benzene rings is 1. The first-order valence-corrected chi connectivity index (χ1v) is 8.44. The van der Waals surface area contributed by atoms with Crippen molar-refractivity contribution in [2.45, 2.75) is 6.61 Å². The van der Waals surface area contributed by atoms with Gasteiger partial charge in [0.25, 0.3) is 5.88 Å². The highest BCUT2D eigenvalue weighted by Crippen LogP contribution is 2.28. The molecule has 3 aromatic rings. The number of ether oxygens (including phenoxy) is 2. The number of anilines is 1. The van der Waals surface area contributed by atoms with Gasteiger partial charge in [0, 0.05) is 18.5 Å². The van der Waals surface area contributed by atoms with E-state index in [0.29, 0.717) is 25.7 Å². The maximum atomic E-state index is 5.93. The predicted octanol–water partition coefficient (Wildman–Crippen LogP) is 2.50. The van der Waals surface area contributed by atoms with Crippen molar-refractivity contribution in [1.29, 1.82) is 0 Å². The summed E-state index contributed by atoms with van der Waals surface area (Å²) in [6.45, 7) is 3.37. The maximum Gasteiger partial charge on any atom is 0.258 e. The van der Waals surface area contributed by atoms with Crippen LogP contribution in [0.15, 0.2) is 35.2 Å². The highest BCUT2D eigenvalue weighted by atomic mass is 32.1. The van der Waals surface area contributed by atoms with Crippen LogP contribution >= 0.6 is 11.3 Å². The summed E-state index contributed by atoms with van der Waals surface area (Å²) in [5, 5.41) is 1.98. The van der Waals surface area contributed by atoms with E-state index in [1.165, 1.54) is 0 Å². The summed E-state index contributed by atoms with van der Waals surface area (Å²) in [4.78, 5) is 15.8. The summed E-state index contributed by atoms with van der Waals surface area (Å²) in [7, 11) is 0. The number of hydrogen-bond donors (Lipinski definition) is 0. The Morgan fingerprint density at radius 2 is 1.91 bits per heavy atom. The molecule has 7 heteroatoms. The summed E-state index contributed by atoms with van der Waals surface area (Å²) in [5.41, 5.74) is 4.40. The molecule has 6 nitrogen and oxygen atoms in total. The highest BCUT2D eigenvalue weighted by molar-refractivity contribution is 7.07. The van der Waals surface area contributed by atoms with Crippen LogP contribution in [0, 0.1) is 0 Å². The van der Waals surface area contributed by atoms with E-state index in [1.54, 1.807) is 16.8 Å². The minimum Gasteiger partial charge on any atom is -0.468 e. The smallest absolute Gasteiger partial charge is 0.258 e. The lowest BCUT2D eigenvalue weighted by molar-refractivity contribution is 0.122. The molecule has 1 aliphatic heterocycles. The lowest BCUT2D eigenvalue weighted by atomic mass is 10.3. The van der Waals surface area contributed by atoms with Crippen LogP contribution < -0.4 is 9.64 Å². The Morgan fingerprint density at radius 1 is 1.13 bits per heavy atom. The minimum atomic E-state index is 0.397. The topological polar surface area (TPSA) is 60.4 Å². The van der Waals surface area contributed by atoms with E-state index in [9.17, 15) is 0 Å². The highest BCUT2D eigenvalue weighted by Gasteiger charge is 2.20. The Morgan fingerprint density at radius 3 is 2.65 bits per heavy atom. The fourth-order valence-electron chi connectivity index (χ4n) is 2.50. The first-order chi connectivity index (χ1) is 11.4. The van der Waals surface area contributed by atoms with Crippen molar-refractivity contribution in [3.05, 3.63) is 40.8 Å². The summed E-state index contributed by atoms with van der Waals surface area (Å²) >= 11 is 1.56. The van der Waals surface area contributed by atoms with Crippen LogP contribution in [0.5, 0.6) is 5.88 Å². The van der Waals surface area contributed by atoms with Gasteiger partial charge in [-0.1, -0.05) is 12.1 Å². The quantitative estimate of drug-likeness (QED) is 0.733. The molecule has 0 amide bonds. The predicted molar refractivity (Wildman–Crippen MR) is 89.0 cm³/mol. The zero-order valence-electron chi connectivity index (χ0n) is 12.5. The molecule has 0 radical (unpaired) electrons. The molecule has 2 aromatic heterocycles. The van der Waals surface area contributed by atoms with Crippen LogP contribution in [0.2, 0.25) is 0 Å². The molecule has 0 atom stereocenters. The van der Waals surface area contributed by atoms with Crippen LogP contribution in [0.1, 0.15) is 5.69 Å². The summed E-state index contributed by atoms with van der Waals surface area (Å²) in [6, 6.07) is 7.84. The normalized spacial score (nSPS) is 15.0. The molecule has 0 spiro atoms. The Hall–Kier alpha value is -2.25. The van der Waals surface area contributed by atoms with E-state index in [0.717, 1.165) is 35.6 Å². The molecule has 118 valence electrons. The second kappa shape index (κ2) is 6.47. The van der Waals surface area contributed by atoms with Gasteiger partial charge in [-0.05, 0) is 12.1 Å². The lowest BCUT2D eigenvalue weighted by Crippen LogP contribution is -2.37. The molecule has 1 saturated heterocycles. The third kappa shape index (κ3) is 3.11. The molecule has 0 bridgehead atoms. The van der Waals surface area contributed by atoms with Gasteiger partial charge in [-0.2, -0.15) is 0 Å². The molecule has 0 N–H and O–H groups in total. The van der Waals surface area contributed by atoms with Crippen molar-refractivity contribution in [2.75, 3.05) is 31.2 Å². The molecule has 0 unspecified atom stereocenters. The van der Waals surface area contributed by atoms with Gasteiger partial charge in [-0.15, -0.1) is 11.3 Å². The third-order valence-electron chi connectivity index (χ3n) is 3.67. The van der Waals surface area contributed by atoms with E-state index >= 15 is 0 Å². The van der Waals surface area contributed by atoms with Gasteiger partial charge < -0.3 is 14.4 Å². The Labute approximate surface area is 137 Å². The first kappa shape index (κ1) is 14.3. The average molecular weight is 328 g/mol. The minimum absolute atomic E-state index is 0.397. The zero-order valence-corrected chi connectivity index (χ0v) is 13.3. The van der Waals surface area contributed by atoms with Gasteiger partial charge in [-0.3, -0.25) is 0 Å². The molecule has 0 aliphatic carbocycles. The molecular weight excluding hydrogens is 312 g/mol. The molecule has 0 saturated carbocycles. The number of morpholine rings is 1. The van der Waals surface area contributed by atoms with Crippen molar-refractivity contribution in [2.24, 2.45) is 0 Å². The largest absolute Gasteiger partial charge is 0.468 e. The van der Waals surface area contributed by atoms with E-state index in [4.69, 9.17) is 14.5 Å². The molecule has 3 heterocycles. The SMILES string of the molecule is c1ccc2nc(N3CCOCC3)c(OCc3cscn3)nc2c1. The molecular formula is C16H16N4O2S. The fourth-order valence-corrected chi connectivity index (χ4v) is 3.05. The standard InChI is InChI=1S/C16H16N4O2S/c1-2-4-14-13(3-1)18-15(20-5-7-21-8-6-20)16(19-14)22-9-12-10-23-11-17-12/h1-4,10-11H,5-9H2. The van der Waals surface area contributed by atoms with Crippen molar-refractivity contribution < 1.29 is 9.47 Å². The van der Waals surface area contributed by atoms with Crippen molar-refractivity contribution in [3.63, 3.8) is 0 Å². The summed E-state index contributed by atoms with van der Waals surface area (Å²) < 4.78 is 11.4. The van der Waals surface area contributed by atoms with E-state index < -0.39 is 0 Å². The van der Waals surface area contributed by atoms with Crippen molar-refractivity contribution in [3.8, 4) is 5.88 Å². The Balaban J connectivity index is 1.69. The number of nitrogens with zero attached hydrogens (tertiary/aromatic N) is 4. The fraction of sp³-hybridized carbons (Fsp3) is 0.312. The second-order valence-corrected chi connectivity index (χ2v) is 5.93. The van der Waals surface area contributed by atoms with Gasteiger partial charge in [0.05, 0.1) is 35.5 Å². The number of hydrogen-bond acceptors (Lipinski definition) is 7. The average Bonchev–Trinajstić information content (AvgIpc) is 3.13. The number of aromatic nitrogens is 3. The summed E-state index contributed by atoms with van der Waals surface area (Å²) in [6.07, 6.45) is 0. The van der Waals surface area contributed by atoms with Gasteiger partial charge in [0.2, 0.25) is 0 Å². The summed E-state index contributed by atoms with van der Waals surface area (Å²) in [5.74, 6) is 1.33. The molecule has 1 aliphatic rings. The number of fused-ring (bicyclic) bond motifs is 1.